The van der Waals surface area contributed by atoms with Crippen molar-refractivity contribution in [2.24, 2.45) is 5.41 Å². The van der Waals surface area contributed by atoms with Gasteiger partial charge in [-0.25, -0.2) is 0 Å². The number of nitrogens with zero attached hydrogens (tertiary/aromatic N) is 1. The van der Waals surface area contributed by atoms with Gasteiger partial charge in [0, 0.05) is 23.0 Å². The van der Waals surface area contributed by atoms with E-state index in [0.717, 1.165) is 29.7 Å². The van der Waals surface area contributed by atoms with Crippen LogP contribution in [-0.4, -0.2) is 43.0 Å². The molecular weight excluding hydrogens is 338 g/mol. The van der Waals surface area contributed by atoms with Gasteiger partial charge in [0.05, 0.1) is 12.7 Å². The number of rotatable bonds is 2. The number of hydrogen-bond donors (Lipinski definition) is 0. The minimum Gasteiger partial charge on any atom is -0.449 e. The van der Waals surface area contributed by atoms with Gasteiger partial charge in [0.1, 0.15) is 0 Å². The molecule has 2 fully saturated rings. The fourth-order valence-corrected chi connectivity index (χ4v) is 3.35. The lowest BCUT2D eigenvalue weighted by molar-refractivity contribution is -0.218. The fraction of sp³-hybridized carbons (Fsp3) is 0.700. The molecule has 0 spiro atoms. The number of halogens is 1. The van der Waals surface area contributed by atoms with Gasteiger partial charge in [0.2, 0.25) is 0 Å². The zero-order chi connectivity index (χ0) is 18.1. The summed E-state index contributed by atoms with van der Waals surface area (Å²) in [4.78, 5) is 2.52. The summed E-state index contributed by atoms with van der Waals surface area (Å²) < 4.78 is 17.0. The smallest absolute Gasteiger partial charge is 0.171 e. The summed E-state index contributed by atoms with van der Waals surface area (Å²) in [6.07, 6.45) is 4.31. The van der Waals surface area contributed by atoms with Crippen LogP contribution in [0.15, 0.2) is 18.2 Å². The van der Waals surface area contributed by atoms with E-state index in [1.54, 1.807) is 6.07 Å². The molecule has 0 aromatic heterocycles. The Bertz CT molecular complexity index is 594. The van der Waals surface area contributed by atoms with Crippen LogP contribution in [0.4, 0.5) is 0 Å². The monoisotopic (exact) mass is 367 g/mol. The highest BCUT2D eigenvalue weighted by molar-refractivity contribution is 6.30. The Morgan fingerprint density at radius 1 is 1.16 bits per heavy atom. The third kappa shape index (κ3) is 4.88. The fourth-order valence-electron chi connectivity index (χ4n) is 3.19. The number of ether oxygens (including phenoxy) is 3. The van der Waals surface area contributed by atoms with E-state index in [4.69, 9.17) is 25.8 Å². The standard InChI is InChI=1S/C14H27NO2.C6H3ClO/c1-13(2,3)14(4)16-11-12(17-14)10-15-8-6-5-7-9-15;7-4-1-2-5-6(3-4)8-5/h12H,5-11H2,1-4H3;1-3H. The van der Waals surface area contributed by atoms with E-state index in [1.807, 2.05) is 12.1 Å². The van der Waals surface area contributed by atoms with Gasteiger partial charge in [0.25, 0.3) is 0 Å². The maximum absolute atomic E-state index is 6.15. The largest absolute Gasteiger partial charge is 0.449 e. The molecule has 0 N–H and O–H groups in total. The van der Waals surface area contributed by atoms with Crippen molar-refractivity contribution in [3.05, 3.63) is 23.2 Å². The Morgan fingerprint density at radius 3 is 2.44 bits per heavy atom. The first-order chi connectivity index (χ1) is 11.8. The van der Waals surface area contributed by atoms with Crippen LogP contribution in [-0.2, 0) is 9.47 Å². The van der Waals surface area contributed by atoms with Crippen LogP contribution < -0.4 is 4.74 Å². The number of piperidine rings is 1. The number of likely N-dealkylation sites (tertiary alicyclic amines) is 1. The first-order valence-electron chi connectivity index (χ1n) is 9.28. The van der Waals surface area contributed by atoms with Crippen LogP contribution in [0.1, 0.15) is 47.0 Å². The van der Waals surface area contributed by atoms with E-state index >= 15 is 0 Å². The van der Waals surface area contributed by atoms with E-state index in [2.05, 4.69) is 32.6 Å². The lowest BCUT2D eigenvalue weighted by Crippen LogP contribution is -2.43. The predicted molar refractivity (Wildman–Crippen MR) is 101 cm³/mol. The lowest BCUT2D eigenvalue weighted by atomic mass is 9.87. The molecular formula is C20H30ClNO3. The van der Waals surface area contributed by atoms with Crippen molar-refractivity contribution in [1.82, 2.24) is 4.90 Å². The Hall–Kier alpha value is -0.810. The molecule has 140 valence electrons. The van der Waals surface area contributed by atoms with Crippen molar-refractivity contribution in [3.8, 4) is 11.5 Å². The highest BCUT2D eigenvalue weighted by atomic mass is 35.5. The van der Waals surface area contributed by atoms with Crippen molar-refractivity contribution >= 4 is 11.6 Å². The number of benzene rings is 1. The molecule has 3 aliphatic rings. The molecule has 3 heterocycles. The van der Waals surface area contributed by atoms with Gasteiger partial charge >= 0.3 is 0 Å². The molecule has 0 amide bonds. The zero-order valence-electron chi connectivity index (χ0n) is 15.8. The summed E-state index contributed by atoms with van der Waals surface area (Å²) in [6.45, 7) is 12.8. The molecule has 2 saturated heterocycles. The summed E-state index contributed by atoms with van der Waals surface area (Å²) >= 11 is 5.60. The Labute approximate surface area is 156 Å². The normalized spacial score (nSPS) is 28.6. The Kier molecular flexibility index (Phi) is 5.64. The first-order valence-corrected chi connectivity index (χ1v) is 9.66. The second-order valence-electron chi connectivity index (χ2n) is 8.30. The van der Waals surface area contributed by atoms with E-state index in [9.17, 15) is 0 Å². The topological polar surface area (TPSA) is 34.2 Å². The van der Waals surface area contributed by atoms with E-state index in [0.29, 0.717) is 0 Å². The van der Waals surface area contributed by atoms with Crippen LogP contribution in [0.25, 0.3) is 0 Å². The quantitative estimate of drug-likeness (QED) is 0.692. The molecule has 5 heteroatoms. The van der Waals surface area contributed by atoms with Crippen LogP contribution in [0.3, 0.4) is 0 Å². The van der Waals surface area contributed by atoms with Gasteiger partial charge in [-0.15, -0.1) is 0 Å². The van der Waals surface area contributed by atoms with Gasteiger partial charge in [-0.2, -0.15) is 0 Å². The van der Waals surface area contributed by atoms with Gasteiger partial charge < -0.3 is 19.1 Å². The summed E-state index contributed by atoms with van der Waals surface area (Å²) in [5.74, 6) is 1.44. The SMILES string of the molecule is CC(C)(C)C1(C)OCC(CN2CCCCC2)O1.Clc1ccc2c(c1)O2. The Balaban J connectivity index is 0.000000188. The second-order valence-corrected chi connectivity index (χ2v) is 8.74. The predicted octanol–water partition coefficient (Wildman–Crippen LogP) is 5.10. The third-order valence-corrected chi connectivity index (χ3v) is 5.53. The molecule has 0 aliphatic carbocycles. The highest BCUT2D eigenvalue weighted by Gasteiger charge is 2.46. The highest BCUT2D eigenvalue weighted by Crippen LogP contribution is 2.46. The van der Waals surface area contributed by atoms with E-state index in [-0.39, 0.29) is 11.5 Å². The molecule has 2 atom stereocenters. The van der Waals surface area contributed by atoms with Crippen molar-refractivity contribution in [1.29, 1.82) is 0 Å². The molecule has 0 saturated carbocycles. The van der Waals surface area contributed by atoms with Gasteiger partial charge in [-0.1, -0.05) is 38.8 Å². The van der Waals surface area contributed by atoms with Crippen molar-refractivity contribution in [2.75, 3.05) is 26.2 Å². The van der Waals surface area contributed by atoms with Crippen LogP contribution in [0.2, 0.25) is 5.02 Å². The third-order valence-electron chi connectivity index (χ3n) is 5.29. The molecule has 1 aromatic rings. The minimum absolute atomic E-state index is 0.0314. The average Bonchev–Trinajstić information content (AvgIpc) is 3.21. The first kappa shape index (κ1) is 19.0. The van der Waals surface area contributed by atoms with Crippen molar-refractivity contribution in [3.63, 3.8) is 0 Å². The average molecular weight is 368 g/mol. The number of hydrogen-bond acceptors (Lipinski definition) is 4. The van der Waals surface area contributed by atoms with Crippen molar-refractivity contribution in [2.45, 2.75) is 58.8 Å². The van der Waals surface area contributed by atoms with Gasteiger partial charge in [-0.3, -0.25) is 0 Å². The van der Waals surface area contributed by atoms with Crippen LogP contribution in [0, 0.1) is 5.41 Å². The van der Waals surface area contributed by atoms with E-state index in [1.165, 1.54) is 32.4 Å². The lowest BCUT2D eigenvalue weighted by Gasteiger charge is -2.37. The molecule has 0 radical (unpaired) electrons. The molecule has 1 aromatic carbocycles. The summed E-state index contributed by atoms with van der Waals surface area (Å²) in [7, 11) is 0. The summed E-state index contributed by atoms with van der Waals surface area (Å²) in [5, 5.41) is 0.737. The van der Waals surface area contributed by atoms with Gasteiger partial charge in [-0.05, 0) is 45.0 Å². The molecule has 0 bridgehead atoms. The van der Waals surface area contributed by atoms with Crippen LogP contribution in [0.5, 0.6) is 11.5 Å². The van der Waals surface area contributed by atoms with E-state index < -0.39 is 5.79 Å². The molecule has 2 unspecified atom stereocenters. The molecule has 25 heavy (non-hydrogen) atoms. The molecule has 3 aliphatic heterocycles. The maximum Gasteiger partial charge on any atom is 0.171 e. The van der Waals surface area contributed by atoms with Crippen LogP contribution >= 0.6 is 11.6 Å². The molecule has 4 rings (SSSR count). The minimum atomic E-state index is -0.423. The number of fused-ring (bicyclic) bond motifs is 1. The maximum atomic E-state index is 6.15. The molecule has 4 nitrogen and oxygen atoms in total. The summed E-state index contributed by atoms with van der Waals surface area (Å²) in [6, 6.07) is 5.47. The van der Waals surface area contributed by atoms with Crippen molar-refractivity contribution < 1.29 is 14.2 Å². The van der Waals surface area contributed by atoms with Gasteiger partial charge in [0.15, 0.2) is 17.3 Å². The zero-order valence-corrected chi connectivity index (χ0v) is 16.6. The summed E-state index contributed by atoms with van der Waals surface area (Å²) in [5.41, 5.74) is 0.0314. The Morgan fingerprint density at radius 2 is 1.88 bits per heavy atom. The second kappa shape index (κ2) is 7.43.